The Morgan fingerprint density at radius 2 is 2.19 bits per heavy atom. The third-order valence-electron chi connectivity index (χ3n) is 2.03. The highest BCUT2D eigenvalue weighted by Gasteiger charge is 2.18. The summed E-state index contributed by atoms with van der Waals surface area (Å²) in [5.74, 6) is 0.201. The molecule has 1 aromatic carbocycles. The van der Waals surface area contributed by atoms with Gasteiger partial charge in [-0.15, -0.1) is 0 Å². The second kappa shape index (κ2) is 5.86. The molecular weight excluding hydrogens is 274 g/mol. The van der Waals surface area contributed by atoms with E-state index in [2.05, 4.69) is 15.9 Å². The number of carbonyl (C=O) groups is 1. The van der Waals surface area contributed by atoms with Crippen LogP contribution in [0.2, 0.25) is 0 Å². The van der Waals surface area contributed by atoms with Gasteiger partial charge in [-0.2, -0.15) is 0 Å². The predicted molar refractivity (Wildman–Crippen MR) is 64.3 cm³/mol. The van der Waals surface area contributed by atoms with Crippen molar-refractivity contribution in [3.8, 4) is 5.75 Å². The molecule has 1 aromatic rings. The van der Waals surface area contributed by atoms with Gasteiger partial charge in [0.1, 0.15) is 11.8 Å². The van der Waals surface area contributed by atoms with Crippen molar-refractivity contribution in [3.05, 3.63) is 28.2 Å². The number of methoxy groups -OCH3 is 1. The lowest BCUT2D eigenvalue weighted by Gasteiger charge is -2.12. The molecule has 16 heavy (non-hydrogen) atoms. The molecule has 0 heterocycles. The lowest BCUT2D eigenvalue weighted by molar-refractivity contribution is -0.144. The minimum absolute atomic E-state index is 0.317. The second-order valence-electron chi connectivity index (χ2n) is 3.15. The van der Waals surface area contributed by atoms with Gasteiger partial charge in [0, 0.05) is 4.47 Å². The number of halogens is 1. The fraction of sp³-hybridized carbons (Fsp3) is 0.364. The molecule has 0 spiro atoms. The van der Waals surface area contributed by atoms with Crippen LogP contribution in [0.4, 0.5) is 0 Å². The van der Waals surface area contributed by atoms with E-state index in [0.29, 0.717) is 17.9 Å². The van der Waals surface area contributed by atoms with Gasteiger partial charge >= 0.3 is 5.97 Å². The van der Waals surface area contributed by atoms with Crippen LogP contribution >= 0.6 is 15.9 Å². The Hall–Kier alpha value is -1.07. The van der Waals surface area contributed by atoms with Gasteiger partial charge in [0.2, 0.25) is 0 Å². The van der Waals surface area contributed by atoms with Crippen LogP contribution in [0.3, 0.4) is 0 Å². The molecule has 0 bridgehead atoms. The average molecular weight is 288 g/mol. The molecule has 0 fully saturated rings. The molecule has 5 heteroatoms. The van der Waals surface area contributed by atoms with Crippen molar-refractivity contribution in [1.82, 2.24) is 0 Å². The van der Waals surface area contributed by atoms with Crippen LogP contribution in [0, 0.1) is 0 Å². The minimum Gasteiger partial charge on any atom is -0.497 e. The first kappa shape index (κ1) is 13.0. The summed E-state index contributed by atoms with van der Waals surface area (Å²) in [5.41, 5.74) is 6.42. The molecule has 0 radical (unpaired) electrons. The van der Waals surface area contributed by atoms with E-state index in [1.54, 1.807) is 32.2 Å². The topological polar surface area (TPSA) is 61.5 Å². The molecule has 0 aliphatic heterocycles. The monoisotopic (exact) mass is 287 g/mol. The molecular formula is C11H14BrNO3. The fourth-order valence-electron chi connectivity index (χ4n) is 1.25. The Morgan fingerprint density at radius 3 is 2.75 bits per heavy atom. The zero-order valence-electron chi connectivity index (χ0n) is 9.20. The normalized spacial score (nSPS) is 12.0. The van der Waals surface area contributed by atoms with E-state index in [1.165, 1.54) is 0 Å². The van der Waals surface area contributed by atoms with E-state index in [0.717, 1.165) is 4.47 Å². The summed E-state index contributed by atoms with van der Waals surface area (Å²) in [4.78, 5) is 11.5. The second-order valence-corrected chi connectivity index (χ2v) is 4.07. The number of rotatable bonds is 4. The van der Waals surface area contributed by atoms with Gasteiger partial charge in [0.25, 0.3) is 0 Å². The smallest absolute Gasteiger partial charge is 0.327 e. The van der Waals surface area contributed by atoms with Crippen molar-refractivity contribution in [2.75, 3.05) is 13.7 Å². The number of carbonyl (C=O) groups excluding carboxylic acids is 1. The van der Waals surface area contributed by atoms with Crippen LogP contribution in [0.15, 0.2) is 22.7 Å². The summed E-state index contributed by atoms with van der Waals surface area (Å²) in [6, 6.07) is 4.49. The predicted octanol–water partition coefficient (Wildman–Crippen LogP) is 2.02. The van der Waals surface area contributed by atoms with E-state index in [9.17, 15) is 4.79 Å². The number of ether oxygens (including phenoxy) is 2. The van der Waals surface area contributed by atoms with E-state index in [-0.39, 0.29) is 0 Å². The number of benzene rings is 1. The van der Waals surface area contributed by atoms with Gasteiger partial charge in [0.05, 0.1) is 13.7 Å². The first-order chi connectivity index (χ1) is 7.58. The largest absolute Gasteiger partial charge is 0.497 e. The van der Waals surface area contributed by atoms with Crippen molar-refractivity contribution >= 4 is 21.9 Å². The van der Waals surface area contributed by atoms with E-state index in [1.807, 2.05) is 0 Å². The number of nitrogens with two attached hydrogens (primary N) is 1. The Kier molecular flexibility index (Phi) is 4.76. The minimum atomic E-state index is -0.786. The third-order valence-corrected chi connectivity index (χ3v) is 2.49. The van der Waals surface area contributed by atoms with E-state index >= 15 is 0 Å². The summed E-state index contributed by atoms with van der Waals surface area (Å²) < 4.78 is 10.7. The molecule has 0 aliphatic carbocycles. The molecule has 0 aromatic heterocycles. The zero-order chi connectivity index (χ0) is 12.1. The standard InChI is InChI=1S/C11H14BrNO3/c1-3-16-11(14)10(13)7-4-8(12)6-9(5-7)15-2/h4-6,10H,3,13H2,1-2H3. The van der Waals surface area contributed by atoms with E-state index in [4.69, 9.17) is 15.2 Å². The molecule has 1 atom stereocenters. The number of esters is 1. The van der Waals surface area contributed by atoms with Crippen LogP contribution < -0.4 is 10.5 Å². The molecule has 1 rings (SSSR count). The third kappa shape index (κ3) is 3.21. The summed E-state index contributed by atoms with van der Waals surface area (Å²) >= 11 is 3.32. The Labute approximate surface area is 103 Å². The van der Waals surface area contributed by atoms with Crippen molar-refractivity contribution < 1.29 is 14.3 Å². The molecule has 4 nitrogen and oxygen atoms in total. The molecule has 2 N–H and O–H groups in total. The fourth-order valence-corrected chi connectivity index (χ4v) is 1.74. The maximum absolute atomic E-state index is 11.5. The molecule has 88 valence electrons. The average Bonchev–Trinajstić information content (AvgIpc) is 2.27. The van der Waals surface area contributed by atoms with Crippen molar-refractivity contribution in [2.45, 2.75) is 13.0 Å². The zero-order valence-corrected chi connectivity index (χ0v) is 10.8. The van der Waals surface area contributed by atoms with Crippen molar-refractivity contribution in [3.63, 3.8) is 0 Å². The quantitative estimate of drug-likeness (QED) is 0.861. The first-order valence-electron chi connectivity index (χ1n) is 4.85. The van der Waals surface area contributed by atoms with Crippen LogP contribution in [0.1, 0.15) is 18.5 Å². The molecule has 0 saturated carbocycles. The molecule has 0 amide bonds. The Balaban J connectivity index is 2.94. The van der Waals surface area contributed by atoms with Crippen molar-refractivity contribution in [2.24, 2.45) is 5.73 Å². The maximum Gasteiger partial charge on any atom is 0.327 e. The highest BCUT2D eigenvalue weighted by molar-refractivity contribution is 9.10. The number of hydrogen-bond donors (Lipinski definition) is 1. The maximum atomic E-state index is 11.5. The van der Waals surface area contributed by atoms with Gasteiger partial charge in [0.15, 0.2) is 0 Å². The Morgan fingerprint density at radius 1 is 1.50 bits per heavy atom. The van der Waals surface area contributed by atoms with Crippen LogP contribution in [-0.4, -0.2) is 19.7 Å². The van der Waals surface area contributed by atoms with Crippen LogP contribution in [-0.2, 0) is 9.53 Å². The Bertz CT molecular complexity index is 381. The van der Waals surface area contributed by atoms with Crippen molar-refractivity contribution in [1.29, 1.82) is 0 Å². The molecule has 0 aliphatic rings. The van der Waals surface area contributed by atoms with Gasteiger partial charge < -0.3 is 15.2 Å². The van der Waals surface area contributed by atoms with Gasteiger partial charge in [-0.1, -0.05) is 15.9 Å². The lowest BCUT2D eigenvalue weighted by Crippen LogP contribution is -2.23. The van der Waals surface area contributed by atoms with Gasteiger partial charge in [-0.3, -0.25) is 0 Å². The molecule has 0 saturated heterocycles. The summed E-state index contributed by atoms with van der Waals surface area (Å²) in [6.45, 7) is 2.06. The first-order valence-corrected chi connectivity index (χ1v) is 5.64. The highest BCUT2D eigenvalue weighted by Crippen LogP contribution is 2.24. The molecule has 1 unspecified atom stereocenters. The van der Waals surface area contributed by atoms with Crippen LogP contribution in [0.5, 0.6) is 5.75 Å². The van der Waals surface area contributed by atoms with Gasteiger partial charge in [-0.25, -0.2) is 4.79 Å². The highest BCUT2D eigenvalue weighted by atomic mass is 79.9. The summed E-state index contributed by atoms with van der Waals surface area (Å²) in [7, 11) is 1.56. The van der Waals surface area contributed by atoms with Crippen LogP contribution in [0.25, 0.3) is 0 Å². The van der Waals surface area contributed by atoms with E-state index < -0.39 is 12.0 Å². The number of hydrogen-bond acceptors (Lipinski definition) is 4. The SMILES string of the molecule is CCOC(=O)C(N)c1cc(Br)cc(OC)c1. The summed E-state index contributed by atoms with van der Waals surface area (Å²) in [5, 5.41) is 0. The summed E-state index contributed by atoms with van der Waals surface area (Å²) in [6.07, 6.45) is 0. The van der Waals surface area contributed by atoms with Gasteiger partial charge in [-0.05, 0) is 30.7 Å². The lowest BCUT2D eigenvalue weighted by atomic mass is 10.1.